The second kappa shape index (κ2) is 7.60. The lowest BCUT2D eigenvalue weighted by atomic mass is 9.91. The first-order chi connectivity index (χ1) is 14.9. The Morgan fingerprint density at radius 2 is 2.13 bits per heavy atom. The summed E-state index contributed by atoms with van der Waals surface area (Å²) in [6, 6.07) is 5.24. The number of aromatic amines is 2. The van der Waals surface area contributed by atoms with Crippen molar-refractivity contribution in [2.24, 2.45) is 10.9 Å². The Morgan fingerprint density at radius 3 is 2.90 bits per heavy atom. The van der Waals surface area contributed by atoms with Crippen LogP contribution in [0.3, 0.4) is 0 Å². The minimum Gasteiger partial charge on any atom is -0.490 e. The van der Waals surface area contributed by atoms with Crippen molar-refractivity contribution in [2.45, 2.75) is 31.0 Å². The Kier molecular flexibility index (Phi) is 4.88. The first-order valence-electron chi connectivity index (χ1n) is 9.93. The Labute approximate surface area is 174 Å². The highest BCUT2D eigenvalue weighted by molar-refractivity contribution is 5.87. The molecule has 0 radical (unpaired) electrons. The van der Waals surface area contributed by atoms with E-state index in [2.05, 4.69) is 19.9 Å². The molecule has 1 aromatic carbocycles. The highest BCUT2D eigenvalue weighted by Gasteiger charge is 2.35. The largest absolute Gasteiger partial charge is 0.490 e. The van der Waals surface area contributed by atoms with Gasteiger partial charge < -0.3 is 14.5 Å². The van der Waals surface area contributed by atoms with Crippen molar-refractivity contribution in [3.63, 3.8) is 0 Å². The zero-order chi connectivity index (χ0) is 21.6. The van der Waals surface area contributed by atoms with E-state index in [1.807, 2.05) is 0 Å². The molecule has 1 saturated carbocycles. The molecule has 1 fully saturated rings. The van der Waals surface area contributed by atoms with Crippen LogP contribution in [0.4, 0.5) is 23.4 Å². The molecule has 2 aromatic heterocycles. The Bertz CT molecular complexity index is 1140. The molecule has 1 unspecified atom stereocenters. The van der Waals surface area contributed by atoms with E-state index >= 15 is 0 Å². The van der Waals surface area contributed by atoms with Gasteiger partial charge in [0.15, 0.2) is 0 Å². The number of nitrogens with zero attached hydrogens (tertiary/aromatic N) is 2. The molecule has 0 amide bonds. The predicted octanol–water partition coefficient (Wildman–Crippen LogP) is 4.21. The molecule has 5 rings (SSSR count). The van der Waals surface area contributed by atoms with E-state index in [0.29, 0.717) is 23.8 Å². The maximum Gasteiger partial charge on any atom is 0.431 e. The van der Waals surface area contributed by atoms with E-state index in [1.54, 1.807) is 12.3 Å². The van der Waals surface area contributed by atoms with Crippen LogP contribution in [0.2, 0.25) is 0 Å². The quantitative estimate of drug-likeness (QED) is 0.482. The van der Waals surface area contributed by atoms with E-state index in [-0.39, 0.29) is 35.5 Å². The zero-order valence-electron chi connectivity index (χ0n) is 16.2. The fourth-order valence-electron chi connectivity index (χ4n) is 3.63. The van der Waals surface area contributed by atoms with Gasteiger partial charge in [-0.15, -0.1) is 4.99 Å². The van der Waals surface area contributed by atoms with Gasteiger partial charge in [-0.1, -0.05) is 11.1 Å². The van der Waals surface area contributed by atoms with Gasteiger partial charge in [-0.3, -0.25) is 0 Å². The molecule has 31 heavy (non-hydrogen) atoms. The molecule has 3 aromatic rings. The Balaban J connectivity index is 1.49. The lowest BCUT2D eigenvalue weighted by Gasteiger charge is -2.30. The van der Waals surface area contributed by atoms with Gasteiger partial charge in [-0.05, 0) is 30.9 Å². The van der Waals surface area contributed by atoms with E-state index in [4.69, 9.17) is 9.47 Å². The van der Waals surface area contributed by atoms with Crippen LogP contribution in [0.5, 0.6) is 5.75 Å². The summed E-state index contributed by atoms with van der Waals surface area (Å²) >= 11 is 0. The van der Waals surface area contributed by atoms with Gasteiger partial charge in [0, 0.05) is 18.2 Å². The van der Waals surface area contributed by atoms with Gasteiger partial charge in [-0.2, -0.15) is 13.2 Å². The first-order valence-corrected chi connectivity index (χ1v) is 9.93. The molecule has 1 aliphatic carbocycles. The van der Waals surface area contributed by atoms with Crippen molar-refractivity contribution in [1.82, 2.24) is 9.97 Å². The fraction of sp³-hybridized carbons (Fsp3) is 0.381. The molecular formula is C21H19F4N4O2+. The van der Waals surface area contributed by atoms with E-state index < -0.39 is 17.7 Å². The standard InChI is InChI=1S/C21H18F4N4O2/c22-12-3-4-13-15(17(9-31-16(13)5-12)30-8-11-1-2-11)7-26-19-14-6-18(21(23,24)25)29-20(14)28-10-27-19/h3-7,10-11,15,17H,1-2,8-9H2,(H,27,28,29)/p+1/b26-7-/t15?,17-/m0/s1. The number of ether oxygens (including phenoxy) is 2. The van der Waals surface area contributed by atoms with Crippen LogP contribution in [0.15, 0.2) is 35.6 Å². The summed E-state index contributed by atoms with van der Waals surface area (Å²) in [4.78, 5) is 13.4. The molecule has 2 N–H and O–H groups in total. The number of hydrogen-bond acceptors (Lipinski definition) is 4. The number of benzene rings is 1. The van der Waals surface area contributed by atoms with Gasteiger partial charge in [0.2, 0.25) is 12.0 Å². The lowest BCUT2D eigenvalue weighted by Crippen LogP contribution is -2.35. The van der Waals surface area contributed by atoms with Crippen LogP contribution in [0.25, 0.3) is 11.0 Å². The molecule has 0 spiro atoms. The smallest absolute Gasteiger partial charge is 0.431 e. The average molecular weight is 435 g/mol. The van der Waals surface area contributed by atoms with Crippen molar-refractivity contribution < 1.29 is 32.0 Å². The highest BCUT2D eigenvalue weighted by Crippen LogP contribution is 2.37. The molecule has 0 saturated heterocycles. The summed E-state index contributed by atoms with van der Waals surface area (Å²) in [5, 5.41) is 0.216. The van der Waals surface area contributed by atoms with Crippen molar-refractivity contribution in [3.05, 3.63) is 47.7 Å². The molecule has 2 aliphatic rings. The first kappa shape index (κ1) is 19.9. The van der Waals surface area contributed by atoms with Gasteiger partial charge >= 0.3 is 6.18 Å². The number of halogens is 4. The summed E-state index contributed by atoms with van der Waals surface area (Å²) in [6.07, 6.45) is 0.298. The van der Waals surface area contributed by atoms with Crippen LogP contribution in [0.1, 0.15) is 30.0 Å². The predicted molar refractivity (Wildman–Crippen MR) is 103 cm³/mol. The summed E-state index contributed by atoms with van der Waals surface area (Å²) < 4.78 is 64.6. The number of aliphatic imine (C=N–C) groups is 1. The molecule has 2 atom stereocenters. The third-order valence-corrected chi connectivity index (χ3v) is 5.50. The topological polar surface area (TPSA) is 73.6 Å². The summed E-state index contributed by atoms with van der Waals surface area (Å²) in [5.74, 6) is 0.421. The zero-order valence-corrected chi connectivity index (χ0v) is 16.2. The van der Waals surface area contributed by atoms with E-state index in [0.717, 1.165) is 18.9 Å². The average Bonchev–Trinajstić information content (AvgIpc) is 3.45. The van der Waals surface area contributed by atoms with Crippen molar-refractivity contribution in [2.75, 3.05) is 13.2 Å². The number of hydrogen-bond donors (Lipinski definition) is 1. The molecule has 1 aliphatic heterocycles. The number of nitrogens with one attached hydrogen (secondary N) is 2. The second-order valence-electron chi connectivity index (χ2n) is 7.81. The van der Waals surface area contributed by atoms with Crippen LogP contribution >= 0.6 is 0 Å². The third kappa shape index (κ3) is 4.12. The van der Waals surface area contributed by atoms with Crippen molar-refractivity contribution in [3.8, 4) is 5.75 Å². The van der Waals surface area contributed by atoms with Gasteiger partial charge in [0.1, 0.15) is 35.4 Å². The minimum atomic E-state index is -4.52. The fourth-order valence-corrected chi connectivity index (χ4v) is 3.63. The number of rotatable bonds is 5. The molecule has 6 nitrogen and oxygen atoms in total. The lowest BCUT2D eigenvalue weighted by molar-refractivity contribution is -0.365. The SMILES string of the molecule is Fc1ccc2c(c1)OC[C@H](OCC1CC1)C2/C=N\c1[nH+]cnc2[nH]c(C(F)(F)F)cc12. The van der Waals surface area contributed by atoms with Crippen LogP contribution in [-0.4, -0.2) is 35.5 Å². The van der Waals surface area contributed by atoms with Crippen molar-refractivity contribution in [1.29, 1.82) is 0 Å². The molecule has 3 heterocycles. The van der Waals surface area contributed by atoms with Crippen LogP contribution in [-0.2, 0) is 10.9 Å². The number of aromatic nitrogens is 3. The monoisotopic (exact) mass is 435 g/mol. The summed E-state index contributed by atoms with van der Waals surface area (Å²) in [7, 11) is 0. The third-order valence-electron chi connectivity index (χ3n) is 5.50. The van der Waals surface area contributed by atoms with E-state index in [9.17, 15) is 17.6 Å². The van der Waals surface area contributed by atoms with Crippen LogP contribution < -0.4 is 9.72 Å². The summed E-state index contributed by atoms with van der Waals surface area (Å²) in [6.45, 7) is 0.838. The number of H-pyrrole nitrogens is 2. The van der Waals surface area contributed by atoms with Gasteiger partial charge in [0.05, 0.1) is 12.1 Å². The highest BCUT2D eigenvalue weighted by atomic mass is 19.4. The second-order valence-corrected chi connectivity index (χ2v) is 7.81. The summed E-state index contributed by atoms with van der Waals surface area (Å²) in [5.41, 5.74) is -0.106. The number of alkyl halides is 3. The number of fused-ring (bicyclic) bond motifs is 2. The molecule has 162 valence electrons. The van der Waals surface area contributed by atoms with Crippen molar-refractivity contribution >= 4 is 23.1 Å². The molecule has 10 heteroatoms. The maximum atomic E-state index is 13.7. The van der Waals surface area contributed by atoms with Gasteiger partial charge in [0.25, 0.3) is 5.82 Å². The van der Waals surface area contributed by atoms with Crippen LogP contribution in [0, 0.1) is 11.7 Å². The Morgan fingerprint density at radius 1 is 1.29 bits per heavy atom. The Hall–Kier alpha value is -3.01. The van der Waals surface area contributed by atoms with E-state index in [1.165, 1.54) is 18.5 Å². The molecule has 0 bridgehead atoms. The normalized spacial score (nSPS) is 21.4. The minimum absolute atomic E-state index is 0.0780. The maximum absolute atomic E-state index is 13.7. The van der Waals surface area contributed by atoms with Gasteiger partial charge in [-0.25, -0.2) is 9.37 Å². The molecular weight excluding hydrogens is 416 g/mol.